The van der Waals surface area contributed by atoms with Gasteiger partial charge in [-0.05, 0) is 30.9 Å². The zero-order chi connectivity index (χ0) is 22.7. The van der Waals surface area contributed by atoms with Crippen molar-refractivity contribution in [3.05, 3.63) is 60.3 Å². The summed E-state index contributed by atoms with van der Waals surface area (Å²) < 4.78 is 1.24. The number of hydrogen-bond donors (Lipinski definition) is 2. The molecule has 162 valence electrons. The third-order valence-electron chi connectivity index (χ3n) is 4.47. The third-order valence-corrected chi connectivity index (χ3v) is 4.47. The van der Waals surface area contributed by atoms with Crippen LogP contribution in [0.4, 0.5) is 17.2 Å². The van der Waals surface area contributed by atoms with E-state index in [0.29, 0.717) is 5.56 Å². The van der Waals surface area contributed by atoms with Crippen LogP contribution in [0, 0.1) is 28.9 Å². The van der Waals surface area contributed by atoms with Gasteiger partial charge in [-0.25, -0.2) is 4.79 Å². The zero-order valence-corrected chi connectivity index (χ0v) is 17.8. The van der Waals surface area contributed by atoms with Crippen LogP contribution < -0.4 is 21.9 Å². The Morgan fingerprint density at radius 2 is 1.87 bits per heavy atom. The van der Waals surface area contributed by atoms with Crippen molar-refractivity contribution in [2.45, 2.75) is 41.2 Å². The van der Waals surface area contributed by atoms with Gasteiger partial charge in [0, 0.05) is 30.3 Å². The second-order valence-corrected chi connectivity index (χ2v) is 8.07. The second-order valence-electron chi connectivity index (χ2n) is 8.07. The summed E-state index contributed by atoms with van der Waals surface area (Å²) in [5.41, 5.74) is 5.07. The first-order chi connectivity index (χ1) is 13.9. The molecular formula is C20H27N5O5. The van der Waals surface area contributed by atoms with Gasteiger partial charge in [-0.1, -0.05) is 27.7 Å². The summed E-state index contributed by atoms with van der Waals surface area (Å²) in [5, 5.41) is 11.1. The fourth-order valence-electron chi connectivity index (χ4n) is 3.17. The molecule has 3 N–H and O–H groups in total. The molecule has 0 aliphatic carbocycles. The largest absolute Gasteiger partial charge is 0.383 e. The van der Waals surface area contributed by atoms with Crippen LogP contribution in [-0.4, -0.2) is 26.9 Å². The summed E-state index contributed by atoms with van der Waals surface area (Å²) in [6.07, 6.45) is 0. The van der Waals surface area contributed by atoms with Crippen LogP contribution in [0.2, 0.25) is 0 Å². The molecule has 0 radical (unpaired) electrons. The van der Waals surface area contributed by atoms with Gasteiger partial charge in [0.2, 0.25) is 0 Å². The van der Waals surface area contributed by atoms with Gasteiger partial charge in [-0.3, -0.25) is 29.3 Å². The van der Waals surface area contributed by atoms with Gasteiger partial charge < -0.3 is 10.6 Å². The Bertz CT molecular complexity index is 1080. The fourth-order valence-corrected chi connectivity index (χ4v) is 3.17. The molecule has 0 aliphatic heterocycles. The standard InChI is InChI=1S/C20H27N5O5/c1-11(2)9-23(19(27)14-6-7-15(25(29)30)13(5)8-14)16-17(21)24(10-12(3)4)20(28)22-18(16)26/h6-8,11-12H,9-10,21H2,1-5H3,(H,22,26,28). The number of nitrogens with two attached hydrogens (primary N) is 1. The Kier molecular flexibility index (Phi) is 6.81. The number of nitrogens with one attached hydrogen (secondary N) is 1. The number of hydrogen-bond acceptors (Lipinski definition) is 6. The maximum absolute atomic E-state index is 13.3. The van der Waals surface area contributed by atoms with E-state index in [4.69, 9.17) is 5.73 Å². The highest BCUT2D eigenvalue weighted by Crippen LogP contribution is 2.24. The molecule has 0 atom stereocenters. The number of aromatic nitrogens is 2. The fraction of sp³-hybridized carbons (Fsp3) is 0.450. The van der Waals surface area contributed by atoms with Crippen molar-refractivity contribution < 1.29 is 9.72 Å². The molecule has 0 fully saturated rings. The number of rotatable bonds is 7. The van der Waals surface area contributed by atoms with Crippen molar-refractivity contribution in [2.75, 3.05) is 17.2 Å². The van der Waals surface area contributed by atoms with Crippen molar-refractivity contribution in [1.29, 1.82) is 0 Å². The van der Waals surface area contributed by atoms with Crippen LogP contribution in [0.3, 0.4) is 0 Å². The Balaban J connectivity index is 2.65. The number of benzene rings is 1. The molecule has 1 aromatic carbocycles. The van der Waals surface area contributed by atoms with E-state index in [2.05, 4.69) is 4.98 Å². The van der Waals surface area contributed by atoms with Gasteiger partial charge in [-0.15, -0.1) is 0 Å². The Hall–Kier alpha value is -3.43. The van der Waals surface area contributed by atoms with Crippen LogP contribution in [0.1, 0.15) is 43.6 Å². The van der Waals surface area contributed by atoms with Crippen molar-refractivity contribution in [1.82, 2.24) is 9.55 Å². The second kappa shape index (κ2) is 8.93. The minimum atomic E-state index is -0.759. The van der Waals surface area contributed by atoms with Gasteiger partial charge in [0.25, 0.3) is 17.2 Å². The molecule has 1 heterocycles. The highest BCUT2D eigenvalue weighted by Gasteiger charge is 2.27. The smallest absolute Gasteiger partial charge is 0.330 e. The van der Waals surface area contributed by atoms with Crippen molar-refractivity contribution in [3.63, 3.8) is 0 Å². The number of carbonyl (C=O) groups excluding carboxylic acids is 1. The lowest BCUT2D eigenvalue weighted by Gasteiger charge is -2.26. The molecule has 0 spiro atoms. The van der Waals surface area contributed by atoms with E-state index in [0.717, 1.165) is 0 Å². The van der Waals surface area contributed by atoms with Crippen LogP contribution in [0.25, 0.3) is 0 Å². The molecule has 0 aliphatic rings. The highest BCUT2D eigenvalue weighted by molar-refractivity contribution is 6.07. The number of H-pyrrole nitrogens is 1. The Labute approximate surface area is 173 Å². The first-order valence-electron chi connectivity index (χ1n) is 9.63. The summed E-state index contributed by atoms with van der Waals surface area (Å²) >= 11 is 0. The summed E-state index contributed by atoms with van der Waals surface area (Å²) in [6.45, 7) is 9.51. The molecular weight excluding hydrogens is 390 g/mol. The number of nitrogen functional groups attached to an aromatic ring is 1. The van der Waals surface area contributed by atoms with Crippen molar-refractivity contribution in [3.8, 4) is 0 Å². The maximum atomic E-state index is 13.3. The molecule has 0 saturated carbocycles. The number of nitro groups is 1. The molecule has 10 nitrogen and oxygen atoms in total. The molecule has 0 saturated heterocycles. The van der Waals surface area contributed by atoms with Crippen molar-refractivity contribution >= 4 is 23.1 Å². The SMILES string of the molecule is Cc1cc(C(=O)N(CC(C)C)c2c(N)n(CC(C)C)c(=O)[nH]c2=O)ccc1[N+](=O)[O-]. The van der Waals surface area contributed by atoms with Gasteiger partial charge >= 0.3 is 5.69 Å². The van der Waals surface area contributed by atoms with Gasteiger partial charge in [0.1, 0.15) is 5.82 Å². The van der Waals surface area contributed by atoms with E-state index in [9.17, 15) is 24.5 Å². The average Bonchev–Trinajstić information content (AvgIpc) is 2.62. The number of nitrogens with zero attached hydrogens (tertiary/aromatic N) is 3. The Morgan fingerprint density at radius 3 is 2.37 bits per heavy atom. The predicted molar refractivity (Wildman–Crippen MR) is 115 cm³/mol. The van der Waals surface area contributed by atoms with E-state index in [1.807, 2.05) is 27.7 Å². The van der Waals surface area contributed by atoms with Crippen LogP contribution in [0.15, 0.2) is 27.8 Å². The van der Waals surface area contributed by atoms with Crippen LogP contribution in [-0.2, 0) is 6.54 Å². The van der Waals surface area contributed by atoms with Gasteiger partial charge in [0.05, 0.1) is 4.92 Å². The van der Waals surface area contributed by atoms with E-state index in [-0.39, 0.29) is 47.7 Å². The number of anilines is 2. The first kappa shape index (κ1) is 22.9. The third kappa shape index (κ3) is 4.76. The Morgan fingerprint density at radius 1 is 1.23 bits per heavy atom. The van der Waals surface area contributed by atoms with Crippen molar-refractivity contribution in [2.24, 2.45) is 11.8 Å². The minimum Gasteiger partial charge on any atom is -0.383 e. The average molecular weight is 417 g/mol. The molecule has 2 rings (SSSR count). The van der Waals surface area contributed by atoms with E-state index >= 15 is 0 Å². The molecule has 0 bridgehead atoms. The topological polar surface area (TPSA) is 144 Å². The molecule has 10 heteroatoms. The zero-order valence-electron chi connectivity index (χ0n) is 17.8. The summed E-state index contributed by atoms with van der Waals surface area (Å²) in [4.78, 5) is 52.2. The first-order valence-corrected chi connectivity index (χ1v) is 9.63. The van der Waals surface area contributed by atoms with E-state index in [1.54, 1.807) is 0 Å². The molecule has 2 aromatic rings. The monoisotopic (exact) mass is 417 g/mol. The number of aryl methyl sites for hydroxylation is 1. The van der Waals surface area contributed by atoms with E-state index < -0.39 is 22.1 Å². The molecule has 1 aromatic heterocycles. The number of amides is 1. The number of aromatic amines is 1. The number of carbonyl (C=O) groups is 1. The lowest BCUT2D eigenvalue weighted by Crippen LogP contribution is -2.43. The van der Waals surface area contributed by atoms with Crippen LogP contribution in [0.5, 0.6) is 0 Å². The van der Waals surface area contributed by atoms with Gasteiger partial charge in [-0.2, -0.15) is 0 Å². The highest BCUT2D eigenvalue weighted by atomic mass is 16.6. The summed E-state index contributed by atoms with van der Waals surface area (Å²) in [5.74, 6) is -0.563. The van der Waals surface area contributed by atoms with E-state index in [1.165, 1.54) is 34.6 Å². The molecule has 0 unspecified atom stereocenters. The van der Waals surface area contributed by atoms with Gasteiger partial charge in [0.15, 0.2) is 5.69 Å². The molecule has 30 heavy (non-hydrogen) atoms. The normalized spacial score (nSPS) is 11.2. The predicted octanol–water partition coefficient (Wildman–Crippen LogP) is 2.29. The lowest BCUT2D eigenvalue weighted by molar-refractivity contribution is -0.385. The summed E-state index contributed by atoms with van der Waals surface area (Å²) in [6, 6.07) is 4.00. The quantitative estimate of drug-likeness (QED) is 0.522. The summed E-state index contributed by atoms with van der Waals surface area (Å²) in [7, 11) is 0. The maximum Gasteiger partial charge on any atom is 0.330 e. The lowest BCUT2D eigenvalue weighted by atomic mass is 10.1. The minimum absolute atomic E-state index is 0.0163. The molecule has 1 amide bonds. The van der Waals surface area contributed by atoms with Crippen LogP contribution >= 0.6 is 0 Å². The number of nitro benzene ring substituents is 1.